The van der Waals surface area contributed by atoms with Crippen LogP contribution in [0.1, 0.15) is 30.7 Å². The third-order valence-electron chi connectivity index (χ3n) is 4.42. The molecule has 0 bridgehead atoms. The third kappa shape index (κ3) is 2.47. The van der Waals surface area contributed by atoms with Gasteiger partial charge in [0.05, 0.1) is 17.0 Å². The van der Waals surface area contributed by atoms with Crippen LogP contribution in [0.3, 0.4) is 0 Å². The summed E-state index contributed by atoms with van der Waals surface area (Å²) < 4.78 is 2.00. The summed E-state index contributed by atoms with van der Waals surface area (Å²) in [6.45, 7) is 5.37. The molecular formula is C17H22N4O. The van der Waals surface area contributed by atoms with E-state index in [-0.39, 0.29) is 11.8 Å². The molecule has 22 heavy (non-hydrogen) atoms. The van der Waals surface area contributed by atoms with Crippen molar-refractivity contribution in [1.29, 1.82) is 0 Å². The molecular weight excluding hydrogens is 276 g/mol. The number of aryl methyl sites for hydroxylation is 1. The number of imidazole rings is 1. The van der Waals surface area contributed by atoms with Crippen molar-refractivity contribution in [3.05, 3.63) is 36.4 Å². The zero-order valence-electron chi connectivity index (χ0n) is 13.0. The predicted molar refractivity (Wildman–Crippen MR) is 88.6 cm³/mol. The molecule has 5 nitrogen and oxygen atoms in total. The van der Waals surface area contributed by atoms with E-state index in [9.17, 15) is 4.79 Å². The van der Waals surface area contributed by atoms with Crippen molar-refractivity contribution < 1.29 is 4.79 Å². The molecule has 3 rings (SSSR count). The molecule has 1 fully saturated rings. The zero-order chi connectivity index (χ0) is 15.7. The molecule has 1 amide bonds. The Hall–Kier alpha value is -2.30. The molecule has 0 aliphatic carbocycles. The van der Waals surface area contributed by atoms with Gasteiger partial charge in [-0.05, 0) is 37.0 Å². The third-order valence-corrected chi connectivity index (χ3v) is 4.42. The first-order chi connectivity index (χ1) is 10.6. The summed E-state index contributed by atoms with van der Waals surface area (Å²) in [6.07, 6.45) is 4.67. The fourth-order valence-corrected chi connectivity index (χ4v) is 3.18. The number of likely N-dealkylation sites (tertiary alicyclic amines) is 1. The number of aromatic nitrogens is 2. The lowest BCUT2D eigenvalue weighted by Crippen LogP contribution is -2.36. The molecule has 1 aliphatic heterocycles. The van der Waals surface area contributed by atoms with Crippen LogP contribution in [-0.2, 0) is 11.3 Å². The van der Waals surface area contributed by atoms with Crippen LogP contribution in [0.5, 0.6) is 0 Å². The Morgan fingerprint density at radius 1 is 1.50 bits per heavy atom. The van der Waals surface area contributed by atoms with Crippen molar-refractivity contribution in [2.75, 3.05) is 19.3 Å². The standard InChI is InChI=1S/C17H22N4O/c1-3-4-10-21-15-8-7-12(11-14(15)19-17(21)18)13-6-5-9-20(2)16(13)22/h3,7-8,11,13H,1,4-6,9-10H2,2H3,(H2,18,19). The summed E-state index contributed by atoms with van der Waals surface area (Å²) in [5.41, 5.74) is 8.93. The number of likely N-dealkylation sites (N-methyl/N-ethyl adjacent to an activating group) is 1. The van der Waals surface area contributed by atoms with E-state index >= 15 is 0 Å². The molecule has 1 aliphatic rings. The predicted octanol–water partition coefficient (Wildman–Crippen LogP) is 2.53. The summed E-state index contributed by atoms with van der Waals surface area (Å²) in [4.78, 5) is 18.6. The van der Waals surface area contributed by atoms with Crippen LogP contribution in [0.25, 0.3) is 11.0 Å². The van der Waals surface area contributed by atoms with E-state index in [2.05, 4.69) is 11.6 Å². The lowest BCUT2D eigenvalue weighted by atomic mass is 9.90. The van der Waals surface area contributed by atoms with Gasteiger partial charge >= 0.3 is 0 Å². The van der Waals surface area contributed by atoms with Crippen LogP contribution in [0, 0.1) is 0 Å². The molecule has 1 aromatic carbocycles. The number of nitrogens with two attached hydrogens (primary N) is 1. The van der Waals surface area contributed by atoms with Crippen molar-refractivity contribution in [3.8, 4) is 0 Å². The van der Waals surface area contributed by atoms with Gasteiger partial charge in [-0.1, -0.05) is 12.1 Å². The van der Waals surface area contributed by atoms with Gasteiger partial charge in [-0.2, -0.15) is 0 Å². The van der Waals surface area contributed by atoms with Crippen molar-refractivity contribution >= 4 is 22.9 Å². The SMILES string of the molecule is C=CCCn1c(N)nc2cc(C3CCCN(C)C3=O)ccc21. The first kappa shape index (κ1) is 14.6. The molecule has 1 atom stereocenters. The van der Waals surface area contributed by atoms with E-state index < -0.39 is 0 Å². The van der Waals surface area contributed by atoms with Gasteiger partial charge < -0.3 is 15.2 Å². The summed E-state index contributed by atoms with van der Waals surface area (Å²) in [7, 11) is 1.87. The van der Waals surface area contributed by atoms with Crippen LogP contribution < -0.4 is 5.73 Å². The molecule has 0 radical (unpaired) electrons. The second-order valence-electron chi connectivity index (χ2n) is 5.90. The highest BCUT2D eigenvalue weighted by molar-refractivity contribution is 5.86. The first-order valence-corrected chi connectivity index (χ1v) is 7.73. The molecule has 1 saturated heterocycles. The van der Waals surface area contributed by atoms with E-state index in [0.717, 1.165) is 48.9 Å². The minimum atomic E-state index is -0.0531. The second kappa shape index (κ2) is 5.83. The fourth-order valence-electron chi connectivity index (χ4n) is 3.18. The number of carbonyl (C=O) groups excluding carboxylic acids is 1. The topological polar surface area (TPSA) is 64.2 Å². The maximum atomic E-state index is 12.3. The largest absolute Gasteiger partial charge is 0.369 e. The Labute approximate surface area is 130 Å². The smallest absolute Gasteiger partial charge is 0.229 e. The van der Waals surface area contributed by atoms with Crippen LogP contribution in [0.15, 0.2) is 30.9 Å². The number of piperidine rings is 1. The number of carbonyl (C=O) groups is 1. The van der Waals surface area contributed by atoms with Gasteiger partial charge in [0, 0.05) is 20.1 Å². The number of hydrogen-bond acceptors (Lipinski definition) is 3. The summed E-state index contributed by atoms with van der Waals surface area (Å²) in [6, 6.07) is 6.08. The molecule has 0 spiro atoms. The summed E-state index contributed by atoms with van der Waals surface area (Å²) in [5, 5.41) is 0. The van der Waals surface area contributed by atoms with Crippen molar-refractivity contribution in [1.82, 2.24) is 14.5 Å². The van der Waals surface area contributed by atoms with Crippen molar-refractivity contribution in [2.24, 2.45) is 0 Å². The van der Waals surface area contributed by atoms with Gasteiger partial charge in [0.1, 0.15) is 0 Å². The number of fused-ring (bicyclic) bond motifs is 1. The lowest BCUT2D eigenvalue weighted by Gasteiger charge is -2.29. The molecule has 2 N–H and O–H groups in total. The fraction of sp³-hybridized carbons (Fsp3) is 0.412. The van der Waals surface area contributed by atoms with Gasteiger partial charge in [0.25, 0.3) is 0 Å². The highest BCUT2D eigenvalue weighted by Crippen LogP contribution is 2.30. The number of allylic oxidation sites excluding steroid dienone is 1. The molecule has 2 heterocycles. The summed E-state index contributed by atoms with van der Waals surface area (Å²) in [5.74, 6) is 0.661. The number of hydrogen-bond donors (Lipinski definition) is 1. The van der Waals surface area contributed by atoms with Gasteiger partial charge in [-0.3, -0.25) is 4.79 Å². The molecule has 0 saturated carbocycles. The van der Waals surface area contributed by atoms with Crippen LogP contribution in [-0.4, -0.2) is 34.0 Å². The highest BCUT2D eigenvalue weighted by Gasteiger charge is 2.28. The average molecular weight is 298 g/mol. The van der Waals surface area contributed by atoms with Crippen molar-refractivity contribution in [2.45, 2.75) is 31.7 Å². The Morgan fingerprint density at radius 3 is 3.09 bits per heavy atom. The number of nitrogen functional groups attached to an aromatic ring is 1. The van der Waals surface area contributed by atoms with E-state index in [1.165, 1.54) is 0 Å². The molecule has 116 valence electrons. The maximum Gasteiger partial charge on any atom is 0.229 e. The quantitative estimate of drug-likeness (QED) is 0.882. The monoisotopic (exact) mass is 298 g/mol. The van der Waals surface area contributed by atoms with Gasteiger partial charge in [0.15, 0.2) is 0 Å². The molecule has 1 aromatic heterocycles. The van der Waals surface area contributed by atoms with Gasteiger partial charge in [0.2, 0.25) is 11.9 Å². The molecule has 2 aromatic rings. The molecule has 1 unspecified atom stereocenters. The number of amides is 1. The number of benzene rings is 1. The van der Waals surface area contributed by atoms with Crippen molar-refractivity contribution in [3.63, 3.8) is 0 Å². The molecule has 5 heteroatoms. The first-order valence-electron chi connectivity index (χ1n) is 7.73. The minimum absolute atomic E-state index is 0.0531. The number of rotatable bonds is 4. The Balaban J connectivity index is 1.96. The van der Waals surface area contributed by atoms with Crippen LogP contribution in [0.2, 0.25) is 0 Å². The van der Waals surface area contributed by atoms with Crippen LogP contribution in [0.4, 0.5) is 5.95 Å². The Bertz CT molecular complexity index is 719. The van der Waals surface area contributed by atoms with E-state index in [1.807, 2.05) is 40.8 Å². The zero-order valence-corrected chi connectivity index (χ0v) is 13.0. The van der Waals surface area contributed by atoms with E-state index in [1.54, 1.807) is 0 Å². The Kier molecular flexibility index (Phi) is 3.88. The highest BCUT2D eigenvalue weighted by atomic mass is 16.2. The van der Waals surface area contributed by atoms with Gasteiger partial charge in [-0.15, -0.1) is 6.58 Å². The van der Waals surface area contributed by atoms with Gasteiger partial charge in [-0.25, -0.2) is 4.98 Å². The normalized spacial score (nSPS) is 18.9. The maximum absolute atomic E-state index is 12.3. The lowest BCUT2D eigenvalue weighted by molar-refractivity contribution is -0.133. The second-order valence-corrected chi connectivity index (χ2v) is 5.90. The number of anilines is 1. The number of nitrogens with zero attached hydrogens (tertiary/aromatic N) is 3. The van der Waals surface area contributed by atoms with E-state index in [4.69, 9.17) is 5.73 Å². The average Bonchev–Trinajstić information content (AvgIpc) is 2.82. The van der Waals surface area contributed by atoms with E-state index in [0.29, 0.717) is 5.95 Å². The minimum Gasteiger partial charge on any atom is -0.369 e. The Morgan fingerprint density at radius 2 is 2.32 bits per heavy atom. The summed E-state index contributed by atoms with van der Waals surface area (Å²) >= 11 is 0. The van der Waals surface area contributed by atoms with Crippen LogP contribution >= 0.6 is 0 Å².